The largest absolute Gasteiger partial charge is 0.461 e. The molecular formula is C16H14N2O2. The van der Waals surface area contributed by atoms with E-state index in [0.717, 1.165) is 18.4 Å². The number of carbonyl (C=O) groups is 1. The molecule has 0 bridgehead atoms. The van der Waals surface area contributed by atoms with Gasteiger partial charge in [-0.05, 0) is 37.8 Å². The zero-order valence-electron chi connectivity index (χ0n) is 11.2. The lowest BCUT2D eigenvalue weighted by Gasteiger charge is -2.05. The van der Waals surface area contributed by atoms with E-state index in [1.165, 1.54) is 0 Å². The molecule has 1 aliphatic carbocycles. The van der Waals surface area contributed by atoms with Crippen LogP contribution in [0.5, 0.6) is 0 Å². The molecule has 2 aromatic rings. The molecule has 0 N–H and O–H groups in total. The van der Waals surface area contributed by atoms with E-state index in [0.29, 0.717) is 23.7 Å². The van der Waals surface area contributed by atoms with Gasteiger partial charge in [0, 0.05) is 5.92 Å². The van der Waals surface area contributed by atoms with Gasteiger partial charge in [-0.15, -0.1) is 0 Å². The molecule has 1 aliphatic rings. The second-order valence-corrected chi connectivity index (χ2v) is 4.67. The number of benzene rings is 1. The number of hydrogen-bond acceptors (Lipinski definition) is 4. The van der Waals surface area contributed by atoms with Crippen LogP contribution in [0.1, 0.15) is 35.9 Å². The predicted octanol–water partition coefficient (Wildman–Crippen LogP) is 2.57. The lowest BCUT2D eigenvalue weighted by molar-refractivity contribution is 0.0519. The Morgan fingerprint density at radius 3 is 2.65 bits per heavy atom. The second-order valence-electron chi connectivity index (χ2n) is 4.67. The summed E-state index contributed by atoms with van der Waals surface area (Å²) in [5.41, 5.74) is 2.03. The first-order valence-corrected chi connectivity index (χ1v) is 6.73. The second kappa shape index (κ2) is 5.30. The molecule has 4 nitrogen and oxygen atoms in total. The predicted molar refractivity (Wildman–Crippen MR) is 75.1 cm³/mol. The highest BCUT2D eigenvalue weighted by molar-refractivity contribution is 5.92. The standard InChI is InChI=1S/C16H14N2O2/c1-2-20-16(19)15-14(10-9-11-7-8-11)17-12-5-3-4-6-13(12)18-15/h3-6,11H,2,7-8H2,1H3. The van der Waals surface area contributed by atoms with E-state index < -0.39 is 5.97 Å². The fraction of sp³-hybridized carbons (Fsp3) is 0.312. The van der Waals surface area contributed by atoms with Crippen molar-refractivity contribution >= 4 is 17.0 Å². The van der Waals surface area contributed by atoms with Gasteiger partial charge in [-0.1, -0.05) is 18.1 Å². The number of nitrogens with zero attached hydrogens (tertiary/aromatic N) is 2. The van der Waals surface area contributed by atoms with E-state index in [4.69, 9.17) is 4.74 Å². The van der Waals surface area contributed by atoms with Crippen molar-refractivity contribution in [3.8, 4) is 11.8 Å². The quantitative estimate of drug-likeness (QED) is 0.619. The Hall–Kier alpha value is -2.41. The smallest absolute Gasteiger partial charge is 0.359 e. The molecule has 1 aromatic heterocycles. The molecule has 0 radical (unpaired) electrons. The van der Waals surface area contributed by atoms with E-state index in [-0.39, 0.29) is 5.69 Å². The molecule has 0 spiro atoms. The Morgan fingerprint density at radius 1 is 1.30 bits per heavy atom. The average Bonchev–Trinajstić information content (AvgIpc) is 3.28. The lowest BCUT2D eigenvalue weighted by Crippen LogP contribution is -2.11. The highest BCUT2D eigenvalue weighted by atomic mass is 16.5. The van der Waals surface area contributed by atoms with Crippen LogP contribution in [0.4, 0.5) is 0 Å². The SMILES string of the molecule is CCOC(=O)c1nc2ccccc2nc1C#CC1CC1. The number of carbonyl (C=O) groups excluding carboxylic acids is 1. The summed E-state index contributed by atoms with van der Waals surface area (Å²) in [5, 5.41) is 0. The lowest BCUT2D eigenvalue weighted by atomic mass is 10.2. The van der Waals surface area contributed by atoms with Crippen LogP contribution >= 0.6 is 0 Å². The van der Waals surface area contributed by atoms with Gasteiger partial charge in [0.25, 0.3) is 0 Å². The zero-order chi connectivity index (χ0) is 13.9. The molecule has 3 rings (SSSR count). The fourth-order valence-corrected chi connectivity index (χ4v) is 1.83. The minimum atomic E-state index is -0.467. The molecule has 1 saturated carbocycles. The average molecular weight is 266 g/mol. The molecule has 0 saturated heterocycles. The molecule has 0 aliphatic heterocycles. The number of esters is 1. The molecule has 20 heavy (non-hydrogen) atoms. The van der Waals surface area contributed by atoms with E-state index in [1.807, 2.05) is 24.3 Å². The van der Waals surface area contributed by atoms with Crippen molar-refractivity contribution in [3.63, 3.8) is 0 Å². The van der Waals surface area contributed by atoms with Crippen molar-refractivity contribution in [3.05, 3.63) is 35.7 Å². The summed E-state index contributed by atoms with van der Waals surface area (Å²) in [7, 11) is 0. The molecule has 0 atom stereocenters. The summed E-state index contributed by atoms with van der Waals surface area (Å²) in [6, 6.07) is 7.43. The number of hydrogen-bond donors (Lipinski definition) is 0. The Morgan fingerprint density at radius 2 is 2.00 bits per heavy atom. The van der Waals surface area contributed by atoms with Gasteiger partial charge >= 0.3 is 5.97 Å². The van der Waals surface area contributed by atoms with Gasteiger partial charge in [0.15, 0.2) is 5.69 Å². The molecule has 0 unspecified atom stereocenters. The molecular weight excluding hydrogens is 252 g/mol. The van der Waals surface area contributed by atoms with Crippen molar-refractivity contribution in [1.29, 1.82) is 0 Å². The topological polar surface area (TPSA) is 52.1 Å². The minimum absolute atomic E-state index is 0.207. The van der Waals surface area contributed by atoms with Crippen LogP contribution in [-0.2, 0) is 4.74 Å². The molecule has 1 heterocycles. The third-order valence-corrected chi connectivity index (χ3v) is 3.01. The van der Waals surface area contributed by atoms with Crippen LogP contribution in [0.15, 0.2) is 24.3 Å². The number of para-hydroxylation sites is 2. The first kappa shape index (κ1) is 12.6. The van der Waals surface area contributed by atoms with Gasteiger partial charge < -0.3 is 4.74 Å². The summed E-state index contributed by atoms with van der Waals surface area (Å²) < 4.78 is 5.03. The normalized spacial score (nSPS) is 13.7. The summed E-state index contributed by atoms with van der Waals surface area (Å²) in [5.74, 6) is 6.07. The highest BCUT2D eigenvalue weighted by Gasteiger charge is 2.20. The monoisotopic (exact) mass is 266 g/mol. The minimum Gasteiger partial charge on any atom is -0.461 e. The third kappa shape index (κ3) is 2.62. The Labute approximate surface area is 117 Å². The van der Waals surface area contributed by atoms with Crippen LogP contribution < -0.4 is 0 Å². The van der Waals surface area contributed by atoms with Crippen molar-refractivity contribution in [2.24, 2.45) is 5.92 Å². The van der Waals surface area contributed by atoms with E-state index in [2.05, 4.69) is 21.8 Å². The first-order valence-electron chi connectivity index (χ1n) is 6.73. The summed E-state index contributed by atoms with van der Waals surface area (Å²) >= 11 is 0. The summed E-state index contributed by atoms with van der Waals surface area (Å²) in [6.07, 6.45) is 2.26. The maximum atomic E-state index is 12.0. The first-order chi connectivity index (χ1) is 9.78. The number of fused-ring (bicyclic) bond motifs is 1. The Bertz CT molecular complexity index is 724. The van der Waals surface area contributed by atoms with E-state index in [1.54, 1.807) is 6.92 Å². The van der Waals surface area contributed by atoms with Gasteiger partial charge in [-0.25, -0.2) is 14.8 Å². The van der Waals surface area contributed by atoms with Crippen molar-refractivity contribution in [1.82, 2.24) is 9.97 Å². The molecule has 1 fully saturated rings. The van der Waals surface area contributed by atoms with Gasteiger partial charge in [0.1, 0.15) is 5.69 Å². The van der Waals surface area contributed by atoms with Crippen LogP contribution in [0.3, 0.4) is 0 Å². The number of rotatable bonds is 2. The van der Waals surface area contributed by atoms with Gasteiger partial charge in [-0.2, -0.15) is 0 Å². The van der Waals surface area contributed by atoms with Crippen LogP contribution in [0.2, 0.25) is 0 Å². The Balaban J connectivity index is 2.10. The maximum Gasteiger partial charge on any atom is 0.359 e. The van der Waals surface area contributed by atoms with Gasteiger partial charge in [0.05, 0.1) is 17.6 Å². The van der Waals surface area contributed by atoms with Crippen LogP contribution in [0, 0.1) is 17.8 Å². The number of ether oxygens (including phenoxy) is 1. The Kier molecular flexibility index (Phi) is 3.34. The summed E-state index contributed by atoms with van der Waals surface area (Å²) in [6.45, 7) is 2.07. The zero-order valence-corrected chi connectivity index (χ0v) is 11.2. The maximum absolute atomic E-state index is 12.0. The molecule has 0 amide bonds. The van der Waals surface area contributed by atoms with Crippen LogP contribution in [-0.4, -0.2) is 22.5 Å². The summed E-state index contributed by atoms with van der Waals surface area (Å²) in [4.78, 5) is 20.8. The van der Waals surface area contributed by atoms with Crippen molar-refractivity contribution in [2.75, 3.05) is 6.61 Å². The van der Waals surface area contributed by atoms with Crippen LogP contribution in [0.25, 0.3) is 11.0 Å². The van der Waals surface area contributed by atoms with E-state index in [9.17, 15) is 4.79 Å². The van der Waals surface area contributed by atoms with Crippen molar-refractivity contribution in [2.45, 2.75) is 19.8 Å². The fourth-order valence-electron chi connectivity index (χ4n) is 1.83. The molecule has 100 valence electrons. The van der Waals surface area contributed by atoms with Gasteiger partial charge in [0.2, 0.25) is 0 Å². The molecule has 1 aromatic carbocycles. The number of aromatic nitrogens is 2. The van der Waals surface area contributed by atoms with Gasteiger partial charge in [-0.3, -0.25) is 0 Å². The molecule has 4 heteroatoms. The highest BCUT2D eigenvalue weighted by Crippen LogP contribution is 2.27. The third-order valence-electron chi connectivity index (χ3n) is 3.01. The van der Waals surface area contributed by atoms with E-state index >= 15 is 0 Å². The van der Waals surface area contributed by atoms with Crippen molar-refractivity contribution < 1.29 is 9.53 Å².